The minimum absolute atomic E-state index is 0.0353. The van der Waals surface area contributed by atoms with E-state index in [1.54, 1.807) is 42.6 Å². The van der Waals surface area contributed by atoms with Gasteiger partial charge in [0.25, 0.3) is 5.56 Å². The zero-order chi connectivity index (χ0) is 20.6. The van der Waals surface area contributed by atoms with Gasteiger partial charge in [-0.3, -0.25) is 9.78 Å². The van der Waals surface area contributed by atoms with Crippen molar-refractivity contribution in [2.75, 3.05) is 5.43 Å². The van der Waals surface area contributed by atoms with E-state index in [2.05, 4.69) is 20.5 Å². The summed E-state index contributed by atoms with van der Waals surface area (Å²) in [6.07, 6.45) is 3.21. The first-order valence-corrected chi connectivity index (χ1v) is 9.48. The summed E-state index contributed by atoms with van der Waals surface area (Å²) in [6.45, 7) is 2.06. The molecular weight excluding hydrogens is 395 g/mol. The highest BCUT2D eigenvalue weighted by atomic mass is 35.5. The van der Waals surface area contributed by atoms with E-state index in [9.17, 15) is 9.18 Å². The SMILES string of the molecule is CCCc1cc(=O)[nH]c(N/N=C/c2ccc(OCc3c(F)cccc3Cl)cc2)n1. The lowest BCUT2D eigenvalue weighted by Gasteiger charge is -2.09. The largest absolute Gasteiger partial charge is 0.489 e. The number of hydrazone groups is 1. The third-order valence-corrected chi connectivity index (χ3v) is 4.36. The standard InChI is InChI=1S/C21H20ClFN4O2/c1-2-4-15-11-20(28)26-21(25-15)27-24-12-14-7-9-16(10-8-14)29-13-17-18(22)5-3-6-19(17)23/h3,5-12H,2,4,13H2,1H3,(H2,25,26,27,28)/b24-12+. The molecule has 3 rings (SSSR count). The Labute approximate surface area is 172 Å². The van der Waals surface area contributed by atoms with E-state index in [1.807, 2.05) is 6.92 Å². The predicted molar refractivity (Wildman–Crippen MR) is 112 cm³/mol. The van der Waals surface area contributed by atoms with Gasteiger partial charge in [-0.15, -0.1) is 0 Å². The van der Waals surface area contributed by atoms with Crippen LogP contribution in [-0.4, -0.2) is 16.2 Å². The van der Waals surface area contributed by atoms with E-state index < -0.39 is 5.82 Å². The van der Waals surface area contributed by atoms with E-state index in [4.69, 9.17) is 16.3 Å². The number of aryl methyl sites for hydroxylation is 1. The molecule has 0 amide bonds. The van der Waals surface area contributed by atoms with Crippen LogP contribution in [0.5, 0.6) is 5.75 Å². The molecule has 0 bridgehead atoms. The lowest BCUT2D eigenvalue weighted by atomic mass is 10.2. The van der Waals surface area contributed by atoms with Gasteiger partial charge in [-0.05, 0) is 48.4 Å². The highest BCUT2D eigenvalue weighted by Crippen LogP contribution is 2.21. The fraction of sp³-hybridized carbons (Fsp3) is 0.190. The van der Waals surface area contributed by atoms with Gasteiger partial charge >= 0.3 is 0 Å². The van der Waals surface area contributed by atoms with Crippen LogP contribution in [0.15, 0.2) is 58.4 Å². The van der Waals surface area contributed by atoms with Gasteiger partial charge in [-0.25, -0.2) is 14.8 Å². The number of nitrogens with zero attached hydrogens (tertiary/aromatic N) is 2. The van der Waals surface area contributed by atoms with Crippen molar-refractivity contribution >= 4 is 23.8 Å². The van der Waals surface area contributed by atoms with Crippen LogP contribution in [0.3, 0.4) is 0 Å². The van der Waals surface area contributed by atoms with Gasteiger partial charge < -0.3 is 4.74 Å². The van der Waals surface area contributed by atoms with Crippen molar-refractivity contribution in [3.63, 3.8) is 0 Å². The monoisotopic (exact) mass is 414 g/mol. The molecule has 0 saturated carbocycles. The maximum Gasteiger partial charge on any atom is 0.252 e. The first-order valence-electron chi connectivity index (χ1n) is 9.10. The summed E-state index contributed by atoms with van der Waals surface area (Å²) < 4.78 is 19.4. The van der Waals surface area contributed by atoms with Gasteiger partial charge in [0.2, 0.25) is 5.95 Å². The Balaban J connectivity index is 1.58. The lowest BCUT2D eigenvalue weighted by Crippen LogP contribution is -2.11. The van der Waals surface area contributed by atoms with Gasteiger partial charge in [0.05, 0.1) is 11.2 Å². The number of hydrogen-bond acceptors (Lipinski definition) is 5. The van der Waals surface area contributed by atoms with E-state index in [-0.39, 0.29) is 12.2 Å². The number of benzene rings is 2. The molecule has 0 aliphatic rings. The Morgan fingerprint density at radius 1 is 1.28 bits per heavy atom. The van der Waals surface area contributed by atoms with Gasteiger partial charge in [0.15, 0.2) is 0 Å². The molecule has 0 aliphatic carbocycles. The normalized spacial score (nSPS) is 11.0. The molecule has 0 spiro atoms. The molecule has 2 aromatic carbocycles. The van der Waals surface area contributed by atoms with Crippen LogP contribution < -0.4 is 15.7 Å². The summed E-state index contributed by atoms with van der Waals surface area (Å²) in [4.78, 5) is 18.5. The Morgan fingerprint density at radius 2 is 2.07 bits per heavy atom. The Hall–Kier alpha value is -3.19. The third kappa shape index (κ3) is 5.89. The number of ether oxygens (including phenoxy) is 1. The van der Waals surface area contributed by atoms with Crippen LogP contribution in [0.25, 0.3) is 0 Å². The van der Waals surface area contributed by atoms with Crippen LogP contribution in [-0.2, 0) is 13.0 Å². The topological polar surface area (TPSA) is 79.4 Å². The number of halogens is 2. The van der Waals surface area contributed by atoms with Gasteiger partial charge in [-0.1, -0.05) is 31.0 Å². The maximum atomic E-state index is 13.8. The molecule has 1 aromatic heterocycles. The molecule has 1 heterocycles. The number of H-pyrrole nitrogens is 1. The average Bonchev–Trinajstić information content (AvgIpc) is 2.69. The number of nitrogens with one attached hydrogen (secondary N) is 2. The number of rotatable bonds is 8. The summed E-state index contributed by atoms with van der Waals surface area (Å²) in [6, 6.07) is 13.1. The summed E-state index contributed by atoms with van der Waals surface area (Å²) in [5, 5.41) is 4.41. The number of anilines is 1. The van der Waals surface area contributed by atoms with Crippen molar-refractivity contribution in [3.05, 3.63) is 86.5 Å². The first-order chi connectivity index (χ1) is 14.0. The summed E-state index contributed by atoms with van der Waals surface area (Å²) in [5.41, 5.74) is 4.33. The highest BCUT2D eigenvalue weighted by Gasteiger charge is 2.07. The molecule has 0 aliphatic heterocycles. The number of hydrogen-bond donors (Lipinski definition) is 2. The zero-order valence-electron chi connectivity index (χ0n) is 15.8. The Kier molecular flexibility index (Phi) is 6.97. The van der Waals surface area contributed by atoms with Crippen LogP contribution in [0.4, 0.5) is 10.3 Å². The van der Waals surface area contributed by atoms with Gasteiger partial charge in [0, 0.05) is 17.3 Å². The fourth-order valence-corrected chi connectivity index (χ4v) is 2.81. The van der Waals surface area contributed by atoms with E-state index in [0.29, 0.717) is 28.0 Å². The number of aromatic nitrogens is 2. The summed E-state index contributed by atoms with van der Waals surface area (Å²) in [7, 11) is 0. The van der Waals surface area contributed by atoms with E-state index in [0.717, 1.165) is 18.4 Å². The summed E-state index contributed by atoms with van der Waals surface area (Å²) in [5.74, 6) is 0.466. The fourth-order valence-electron chi connectivity index (χ4n) is 2.59. The van der Waals surface area contributed by atoms with Crippen LogP contribution in [0.1, 0.15) is 30.2 Å². The molecule has 150 valence electrons. The second kappa shape index (κ2) is 9.84. The molecule has 0 radical (unpaired) electrons. The van der Waals surface area contributed by atoms with Crippen molar-refractivity contribution in [2.24, 2.45) is 5.10 Å². The predicted octanol–water partition coefficient (Wildman–Crippen LogP) is 4.54. The molecule has 0 saturated heterocycles. The van der Waals surface area contributed by atoms with Crippen LogP contribution in [0.2, 0.25) is 5.02 Å². The zero-order valence-corrected chi connectivity index (χ0v) is 16.5. The molecule has 0 atom stereocenters. The van der Waals surface area contributed by atoms with Crippen molar-refractivity contribution in [1.82, 2.24) is 9.97 Å². The molecule has 29 heavy (non-hydrogen) atoms. The molecule has 3 aromatic rings. The quantitative estimate of drug-likeness (QED) is 0.419. The van der Waals surface area contributed by atoms with Crippen LogP contribution in [0, 0.1) is 5.82 Å². The second-order valence-electron chi connectivity index (χ2n) is 6.26. The minimum Gasteiger partial charge on any atom is -0.489 e. The van der Waals surface area contributed by atoms with Crippen molar-refractivity contribution < 1.29 is 9.13 Å². The van der Waals surface area contributed by atoms with E-state index in [1.165, 1.54) is 12.1 Å². The second-order valence-corrected chi connectivity index (χ2v) is 6.67. The molecule has 2 N–H and O–H groups in total. The molecule has 0 fully saturated rings. The summed E-state index contributed by atoms with van der Waals surface area (Å²) >= 11 is 5.99. The van der Waals surface area contributed by atoms with Gasteiger partial charge in [-0.2, -0.15) is 5.10 Å². The Morgan fingerprint density at radius 3 is 2.79 bits per heavy atom. The Bertz CT molecular complexity index is 1030. The smallest absolute Gasteiger partial charge is 0.252 e. The van der Waals surface area contributed by atoms with Crippen molar-refractivity contribution in [1.29, 1.82) is 0 Å². The van der Waals surface area contributed by atoms with Crippen molar-refractivity contribution in [2.45, 2.75) is 26.4 Å². The minimum atomic E-state index is -0.401. The molecular formula is C21H20ClFN4O2. The molecule has 8 heteroatoms. The average molecular weight is 415 g/mol. The van der Waals surface area contributed by atoms with E-state index >= 15 is 0 Å². The number of aromatic amines is 1. The van der Waals surface area contributed by atoms with Crippen LogP contribution >= 0.6 is 11.6 Å². The first kappa shape index (κ1) is 20.5. The molecule has 6 nitrogen and oxygen atoms in total. The van der Waals surface area contributed by atoms with Gasteiger partial charge in [0.1, 0.15) is 18.2 Å². The highest BCUT2D eigenvalue weighted by molar-refractivity contribution is 6.31. The third-order valence-electron chi connectivity index (χ3n) is 4.01. The van der Waals surface area contributed by atoms with Crippen molar-refractivity contribution in [3.8, 4) is 5.75 Å². The maximum absolute atomic E-state index is 13.8. The molecule has 0 unspecified atom stereocenters. The lowest BCUT2D eigenvalue weighted by molar-refractivity contribution is 0.300.